The molecule has 0 fully saturated rings. The van der Waals surface area contributed by atoms with Crippen molar-refractivity contribution in [1.82, 2.24) is 0 Å². The van der Waals surface area contributed by atoms with Crippen LogP contribution in [0.4, 0.5) is 0 Å². The Morgan fingerprint density at radius 1 is 0.330 bits per heavy atom. The molecule has 0 aliphatic rings. The molecule has 13 aromatic rings. The Balaban J connectivity index is 1.12. The van der Waals surface area contributed by atoms with E-state index in [4.69, 9.17) is 23.4 Å². The first-order valence-electron chi connectivity index (χ1n) is 29.5. The Hall–Kier alpha value is -10.4. The zero-order chi connectivity index (χ0) is 60.7. The van der Waals surface area contributed by atoms with Gasteiger partial charge in [-0.25, -0.2) is 19.2 Å². The highest BCUT2D eigenvalue weighted by molar-refractivity contribution is 6.74. The number of carbonyl (C=O) groups is 4. The molecule has 10 heteroatoms. The topological polar surface area (TPSA) is 114 Å². The Labute approximate surface area is 511 Å². The first-order chi connectivity index (χ1) is 42.7. The summed E-state index contributed by atoms with van der Waals surface area (Å²) in [7, 11) is -2.16. The van der Waals surface area contributed by atoms with Gasteiger partial charge >= 0.3 is 23.9 Å². The minimum Gasteiger partial charge on any atom is -0.544 e. The second-order valence-corrected chi connectivity index (χ2v) is 28.5. The molecule has 0 saturated carbocycles. The third-order valence-electron chi connectivity index (χ3n) is 17.3. The van der Waals surface area contributed by atoms with Crippen LogP contribution in [0.25, 0.3) is 86.9 Å². The van der Waals surface area contributed by atoms with Gasteiger partial charge in [0.05, 0.1) is 22.3 Å². The van der Waals surface area contributed by atoms with Gasteiger partial charge in [0, 0.05) is 10.8 Å². The summed E-state index contributed by atoms with van der Waals surface area (Å²) in [5, 5.41) is 8.11. The van der Waals surface area contributed by atoms with Crippen molar-refractivity contribution >= 4 is 96.8 Å². The van der Waals surface area contributed by atoms with Crippen molar-refractivity contribution in [3.05, 3.63) is 281 Å². The molecule has 13 aromatic carbocycles. The van der Waals surface area contributed by atoms with E-state index >= 15 is 9.59 Å². The zero-order valence-corrected chi connectivity index (χ0v) is 50.5. The second kappa shape index (κ2) is 23.4. The van der Waals surface area contributed by atoms with Gasteiger partial charge < -0.3 is 23.4 Å². The van der Waals surface area contributed by atoms with E-state index in [1.807, 2.05) is 170 Å². The number of carbonyl (C=O) groups excluding carboxylic acids is 4. The predicted molar refractivity (Wildman–Crippen MR) is 354 cm³/mol. The fourth-order valence-corrected chi connectivity index (χ4v) is 13.0. The smallest absolute Gasteiger partial charge is 0.339 e. The molecule has 0 heterocycles. The highest BCUT2D eigenvalue weighted by Crippen LogP contribution is 2.52. The van der Waals surface area contributed by atoms with Crippen LogP contribution in [0, 0.1) is 0 Å². The summed E-state index contributed by atoms with van der Waals surface area (Å²) >= 11 is 0. The zero-order valence-electron chi connectivity index (χ0n) is 49.5. The van der Waals surface area contributed by atoms with Gasteiger partial charge in [-0.15, -0.1) is 0 Å². The lowest BCUT2D eigenvalue weighted by molar-refractivity contribution is 0.0458. The molecule has 432 valence electrons. The van der Waals surface area contributed by atoms with Crippen LogP contribution in [0.15, 0.2) is 237 Å². The normalized spacial score (nSPS) is 11.8. The minimum atomic E-state index is -2.16. The van der Waals surface area contributed by atoms with E-state index in [-0.39, 0.29) is 53.7 Å². The van der Waals surface area contributed by atoms with Gasteiger partial charge in [0.1, 0.15) is 32.2 Å². The third-order valence-corrected chi connectivity index (χ3v) is 21.6. The van der Waals surface area contributed by atoms with Crippen LogP contribution in [0.1, 0.15) is 84.5 Å². The van der Waals surface area contributed by atoms with Gasteiger partial charge in [0.15, 0.2) is 0 Å². The van der Waals surface area contributed by atoms with Crippen molar-refractivity contribution in [3.63, 3.8) is 0 Å². The number of rotatable bonds is 16. The third kappa shape index (κ3) is 10.7. The molecule has 0 bridgehead atoms. The average Bonchev–Trinajstić information content (AvgIpc) is 0.705. The number of ether oxygens (including phenoxy) is 4. The Morgan fingerprint density at radius 2 is 0.670 bits per heavy atom. The summed E-state index contributed by atoms with van der Waals surface area (Å²) in [6, 6.07) is 75.3. The molecule has 9 nitrogen and oxygen atoms in total. The van der Waals surface area contributed by atoms with Gasteiger partial charge in [-0.2, -0.15) is 0 Å². The van der Waals surface area contributed by atoms with Crippen molar-refractivity contribution in [2.24, 2.45) is 0 Å². The standard InChI is InChI=1S/C78H62O9Si/c1-78(2,3)88(4,5)87-54-36-34-53(35-37-54)67-55-30-18-20-32-57(55)68(58-33-21-19-31-56(58)67)65-44-66(77(82)86-48-52-28-16-9-17-29-52)72-64(76(81)85-47-51-26-14-8-15-27-51)42-39-60-59-38-41-62(74(79)83-45-49-22-10-6-11-23-49)71-63(43-40-61(69(59)71)70(65)73(60)72)75(80)84-46-50-24-12-7-13-25-50/h6-44H,45-48H2,1-5H3. The van der Waals surface area contributed by atoms with Crippen LogP contribution in [-0.2, 0) is 45.4 Å². The number of benzene rings is 13. The van der Waals surface area contributed by atoms with Gasteiger partial charge in [-0.05, 0) is 153 Å². The number of hydrogen-bond donors (Lipinski definition) is 0. The predicted octanol–water partition coefficient (Wildman–Crippen LogP) is 19.2. The Kier molecular flexibility index (Phi) is 15.1. The average molecular weight is 1170 g/mol. The van der Waals surface area contributed by atoms with Gasteiger partial charge in [-0.3, -0.25) is 0 Å². The fourth-order valence-electron chi connectivity index (χ4n) is 11.9. The van der Waals surface area contributed by atoms with E-state index < -0.39 is 32.2 Å². The maximum Gasteiger partial charge on any atom is 0.339 e. The molecule has 0 spiro atoms. The van der Waals surface area contributed by atoms with Gasteiger partial charge in [-0.1, -0.05) is 221 Å². The van der Waals surface area contributed by atoms with E-state index in [0.717, 1.165) is 66.2 Å². The molecule has 0 amide bonds. The summed E-state index contributed by atoms with van der Waals surface area (Å²) < 4.78 is 31.5. The molecule has 0 N–H and O–H groups in total. The van der Waals surface area contributed by atoms with Crippen LogP contribution in [0.2, 0.25) is 18.1 Å². The summed E-state index contributed by atoms with van der Waals surface area (Å²) in [4.78, 5) is 60.4. The summed E-state index contributed by atoms with van der Waals surface area (Å²) in [6.07, 6.45) is 0. The minimum absolute atomic E-state index is 0.00338. The maximum absolute atomic E-state index is 15.6. The number of esters is 4. The van der Waals surface area contributed by atoms with Crippen molar-refractivity contribution in [1.29, 1.82) is 0 Å². The van der Waals surface area contributed by atoms with Crippen molar-refractivity contribution < 1.29 is 42.6 Å². The molecular weight excluding hydrogens is 1110 g/mol. The SMILES string of the molecule is CC(C)(C)[Si](C)(C)Oc1ccc(-c2c3ccccc3c(-c3cc(C(=O)OCc4ccccc4)c4c(C(=O)OCc5ccccc5)ccc5c6ccc(C(=O)OCc7ccccc7)c7c(C(=O)OCc8ccccc8)ccc(c3c45)c76)c3ccccc23)cc1. The summed E-state index contributed by atoms with van der Waals surface area (Å²) in [5.41, 5.74) is 7.24. The van der Waals surface area contributed by atoms with E-state index in [0.29, 0.717) is 48.7 Å². The molecule has 0 aliphatic carbocycles. The summed E-state index contributed by atoms with van der Waals surface area (Å²) in [5.74, 6) is -1.75. The van der Waals surface area contributed by atoms with Crippen LogP contribution >= 0.6 is 0 Å². The first-order valence-corrected chi connectivity index (χ1v) is 32.4. The summed E-state index contributed by atoms with van der Waals surface area (Å²) in [6.45, 7) is 11.1. The molecule has 0 aromatic heterocycles. The van der Waals surface area contributed by atoms with E-state index in [2.05, 4.69) is 82.4 Å². The maximum atomic E-state index is 15.6. The van der Waals surface area contributed by atoms with Crippen molar-refractivity contribution in [2.75, 3.05) is 0 Å². The molecule has 13 rings (SSSR count). The Bertz CT molecular complexity index is 4710. The number of fused-ring (bicyclic) bond motifs is 4. The molecule has 0 saturated heterocycles. The fraction of sp³-hybridized carbons (Fsp3) is 0.128. The van der Waals surface area contributed by atoms with E-state index in [1.54, 1.807) is 18.2 Å². The molecule has 0 atom stereocenters. The Morgan fingerprint density at radius 3 is 1.07 bits per heavy atom. The number of hydrogen-bond acceptors (Lipinski definition) is 9. The molecule has 0 unspecified atom stereocenters. The van der Waals surface area contributed by atoms with Gasteiger partial charge in [0.2, 0.25) is 8.32 Å². The molecular formula is C78H62O9Si. The van der Waals surface area contributed by atoms with E-state index in [9.17, 15) is 9.59 Å². The second-order valence-electron chi connectivity index (χ2n) is 23.8. The highest BCUT2D eigenvalue weighted by atomic mass is 28.4. The first kappa shape index (κ1) is 56.7. The largest absolute Gasteiger partial charge is 0.544 e. The highest BCUT2D eigenvalue weighted by Gasteiger charge is 2.39. The van der Waals surface area contributed by atoms with Crippen LogP contribution in [0.5, 0.6) is 5.75 Å². The lowest BCUT2D eigenvalue weighted by Gasteiger charge is -2.36. The monoisotopic (exact) mass is 1170 g/mol. The van der Waals surface area contributed by atoms with Crippen LogP contribution < -0.4 is 4.43 Å². The lowest BCUT2D eigenvalue weighted by atomic mass is 9.79. The van der Waals surface area contributed by atoms with E-state index in [1.165, 1.54) is 0 Å². The van der Waals surface area contributed by atoms with Crippen molar-refractivity contribution in [2.45, 2.75) is 65.3 Å². The van der Waals surface area contributed by atoms with Crippen molar-refractivity contribution in [3.8, 4) is 28.0 Å². The molecule has 0 radical (unpaired) electrons. The van der Waals surface area contributed by atoms with Gasteiger partial charge in [0.25, 0.3) is 0 Å². The van der Waals surface area contributed by atoms with Crippen LogP contribution in [-0.4, -0.2) is 32.2 Å². The lowest BCUT2D eigenvalue weighted by Crippen LogP contribution is -2.43. The molecule has 0 aliphatic heterocycles. The quantitative estimate of drug-likeness (QED) is 0.0307. The molecule has 88 heavy (non-hydrogen) atoms. The van der Waals surface area contributed by atoms with Crippen LogP contribution in [0.3, 0.4) is 0 Å².